The van der Waals surface area contributed by atoms with Crippen LogP contribution in [0.25, 0.3) is 0 Å². The number of ether oxygens (including phenoxy) is 1. The number of methoxy groups -OCH3 is 1. The Balaban J connectivity index is 2.35. The van der Waals surface area contributed by atoms with Crippen LogP contribution < -0.4 is 10.6 Å². The number of anilines is 1. The van der Waals surface area contributed by atoms with E-state index in [9.17, 15) is 4.79 Å². The van der Waals surface area contributed by atoms with Gasteiger partial charge in [-0.25, -0.2) is 4.79 Å². The highest BCUT2D eigenvalue weighted by Gasteiger charge is 2.28. The van der Waals surface area contributed by atoms with E-state index in [2.05, 4.69) is 17.6 Å². The van der Waals surface area contributed by atoms with Gasteiger partial charge >= 0.3 is 5.97 Å². The molecule has 2 N–H and O–H groups in total. The molecule has 0 radical (unpaired) electrons. The summed E-state index contributed by atoms with van der Waals surface area (Å²) < 4.78 is 4.93. The molecule has 0 aliphatic heterocycles. The first kappa shape index (κ1) is 15.3. The number of thiophene rings is 1. The summed E-state index contributed by atoms with van der Waals surface area (Å²) in [4.78, 5) is 13.4. The van der Waals surface area contributed by atoms with Crippen molar-refractivity contribution in [1.82, 2.24) is 5.32 Å². The topological polar surface area (TPSA) is 50.4 Å². The van der Waals surface area contributed by atoms with Gasteiger partial charge < -0.3 is 15.4 Å². The van der Waals surface area contributed by atoms with Crippen LogP contribution in [-0.4, -0.2) is 24.7 Å². The first-order valence-electron chi connectivity index (χ1n) is 6.84. The Kier molecular flexibility index (Phi) is 4.99. The third-order valence-electron chi connectivity index (χ3n) is 3.47. The molecule has 0 saturated heterocycles. The second-order valence-electron chi connectivity index (χ2n) is 5.03. The van der Waals surface area contributed by atoms with E-state index in [0.29, 0.717) is 16.6 Å². The summed E-state index contributed by atoms with van der Waals surface area (Å²) in [6.45, 7) is 4.98. The lowest BCUT2D eigenvalue weighted by molar-refractivity contribution is 0.0601. The molecule has 6 heteroatoms. The molecule has 1 aliphatic carbocycles. The third-order valence-corrected chi connectivity index (χ3v) is 4.88. The molecule has 0 aromatic carbocycles. The zero-order valence-corrected chi connectivity index (χ0v) is 13.7. The van der Waals surface area contributed by atoms with Crippen LogP contribution in [0.2, 0.25) is 0 Å². The van der Waals surface area contributed by atoms with E-state index < -0.39 is 0 Å². The molecule has 1 aliphatic rings. The number of nitrogens with one attached hydrogen (secondary N) is 2. The Hall–Kier alpha value is -1.14. The van der Waals surface area contributed by atoms with E-state index in [1.807, 2.05) is 6.92 Å². The highest BCUT2D eigenvalue weighted by molar-refractivity contribution is 7.80. The van der Waals surface area contributed by atoms with Crippen LogP contribution in [0.1, 0.15) is 41.1 Å². The average Bonchev–Trinajstić information content (AvgIpc) is 2.74. The Bertz CT molecular complexity index is 525. The van der Waals surface area contributed by atoms with Gasteiger partial charge in [0, 0.05) is 11.4 Å². The van der Waals surface area contributed by atoms with Crippen molar-refractivity contribution in [2.24, 2.45) is 5.92 Å². The minimum absolute atomic E-state index is 0.279. The van der Waals surface area contributed by atoms with Crippen LogP contribution in [0.4, 0.5) is 5.00 Å². The molecule has 0 saturated carbocycles. The lowest BCUT2D eigenvalue weighted by Crippen LogP contribution is -2.28. The number of fused-ring (bicyclic) bond motifs is 1. The molecule has 0 spiro atoms. The minimum atomic E-state index is -0.279. The van der Waals surface area contributed by atoms with E-state index in [1.54, 1.807) is 11.3 Å². The van der Waals surface area contributed by atoms with Crippen LogP contribution in [-0.2, 0) is 17.6 Å². The van der Waals surface area contributed by atoms with Crippen molar-refractivity contribution >= 4 is 39.6 Å². The summed E-state index contributed by atoms with van der Waals surface area (Å²) in [5.41, 5.74) is 1.81. The fraction of sp³-hybridized carbons (Fsp3) is 0.571. The van der Waals surface area contributed by atoms with Crippen molar-refractivity contribution in [2.45, 2.75) is 33.1 Å². The second kappa shape index (κ2) is 6.54. The van der Waals surface area contributed by atoms with Gasteiger partial charge in [-0.05, 0) is 49.9 Å². The largest absolute Gasteiger partial charge is 0.465 e. The van der Waals surface area contributed by atoms with Crippen LogP contribution in [0.5, 0.6) is 0 Å². The molecule has 1 atom stereocenters. The Labute approximate surface area is 128 Å². The van der Waals surface area contributed by atoms with Gasteiger partial charge in [-0.2, -0.15) is 0 Å². The first-order valence-corrected chi connectivity index (χ1v) is 8.07. The summed E-state index contributed by atoms with van der Waals surface area (Å²) in [5.74, 6) is 0.388. The maximum absolute atomic E-state index is 12.1. The second-order valence-corrected chi connectivity index (χ2v) is 6.55. The van der Waals surface area contributed by atoms with E-state index in [-0.39, 0.29) is 5.97 Å². The maximum atomic E-state index is 12.1. The summed E-state index contributed by atoms with van der Waals surface area (Å²) in [7, 11) is 1.42. The molecule has 1 heterocycles. The molecule has 110 valence electrons. The smallest absolute Gasteiger partial charge is 0.341 e. The number of hydrogen-bond donors (Lipinski definition) is 2. The zero-order valence-electron chi connectivity index (χ0n) is 12.0. The van der Waals surface area contributed by atoms with Crippen LogP contribution in [0.3, 0.4) is 0 Å². The Morgan fingerprint density at radius 3 is 2.95 bits per heavy atom. The minimum Gasteiger partial charge on any atom is -0.465 e. The molecule has 20 heavy (non-hydrogen) atoms. The Morgan fingerprint density at radius 1 is 1.55 bits per heavy atom. The average molecular weight is 312 g/mol. The van der Waals surface area contributed by atoms with E-state index in [4.69, 9.17) is 17.0 Å². The third kappa shape index (κ3) is 3.12. The van der Waals surface area contributed by atoms with Gasteiger partial charge in [0.1, 0.15) is 5.00 Å². The van der Waals surface area contributed by atoms with Gasteiger partial charge in [-0.15, -0.1) is 11.3 Å². The fourth-order valence-electron chi connectivity index (χ4n) is 2.46. The normalized spacial score (nSPS) is 17.2. The molecule has 0 bridgehead atoms. The Morgan fingerprint density at radius 2 is 2.30 bits per heavy atom. The van der Waals surface area contributed by atoms with Crippen LogP contribution in [0.15, 0.2) is 0 Å². The molecule has 0 fully saturated rings. The predicted octanol–water partition coefficient (Wildman–Crippen LogP) is 2.97. The molecule has 1 aromatic heterocycles. The monoisotopic (exact) mass is 312 g/mol. The molecule has 1 unspecified atom stereocenters. The van der Waals surface area contributed by atoms with E-state index in [1.165, 1.54) is 12.0 Å². The SMILES string of the molecule is CCNC(=S)Nc1sc2c(c1C(=O)OC)CCC(C)C2. The number of carbonyl (C=O) groups excluding carboxylic acids is 1. The lowest BCUT2D eigenvalue weighted by atomic mass is 9.88. The number of carbonyl (C=O) groups is 1. The van der Waals surface area contributed by atoms with Gasteiger partial charge in [-0.3, -0.25) is 0 Å². The number of hydrogen-bond acceptors (Lipinski definition) is 4. The van der Waals surface area contributed by atoms with Gasteiger partial charge in [0.2, 0.25) is 0 Å². The van der Waals surface area contributed by atoms with Gasteiger partial charge in [0.25, 0.3) is 0 Å². The quantitative estimate of drug-likeness (QED) is 0.664. The van der Waals surface area contributed by atoms with Crippen molar-refractivity contribution in [3.63, 3.8) is 0 Å². The van der Waals surface area contributed by atoms with E-state index in [0.717, 1.165) is 36.4 Å². The maximum Gasteiger partial charge on any atom is 0.341 e. The number of rotatable bonds is 3. The molecule has 0 amide bonds. The van der Waals surface area contributed by atoms with E-state index >= 15 is 0 Å². The zero-order chi connectivity index (χ0) is 14.7. The molecular formula is C14H20N2O2S2. The highest BCUT2D eigenvalue weighted by atomic mass is 32.1. The fourth-order valence-corrected chi connectivity index (χ4v) is 4.18. The van der Waals surface area contributed by atoms with Gasteiger partial charge in [-0.1, -0.05) is 6.92 Å². The predicted molar refractivity (Wildman–Crippen MR) is 86.7 cm³/mol. The summed E-state index contributed by atoms with van der Waals surface area (Å²) in [5, 5.41) is 7.53. The van der Waals surface area contributed by atoms with Crippen LogP contribution in [0, 0.1) is 5.92 Å². The van der Waals surface area contributed by atoms with Crippen molar-refractivity contribution in [3.05, 3.63) is 16.0 Å². The van der Waals surface area contributed by atoms with Crippen LogP contribution >= 0.6 is 23.6 Å². The summed E-state index contributed by atoms with van der Waals surface area (Å²) in [6.07, 6.45) is 3.08. The van der Waals surface area contributed by atoms with Gasteiger partial charge in [0.15, 0.2) is 5.11 Å². The van der Waals surface area contributed by atoms with Crippen molar-refractivity contribution in [3.8, 4) is 0 Å². The summed E-state index contributed by atoms with van der Waals surface area (Å²) >= 11 is 6.84. The molecule has 2 rings (SSSR count). The standard InChI is InChI=1S/C14H20N2O2S2/c1-4-15-14(19)16-12-11(13(17)18-3)9-6-5-8(2)7-10(9)20-12/h8H,4-7H2,1-3H3,(H2,15,16,19). The molecule has 1 aromatic rings. The summed E-state index contributed by atoms with van der Waals surface area (Å²) in [6, 6.07) is 0. The number of esters is 1. The lowest BCUT2D eigenvalue weighted by Gasteiger charge is -2.18. The van der Waals surface area contributed by atoms with Crippen molar-refractivity contribution in [2.75, 3.05) is 19.0 Å². The molecular weight excluding hydrogens is 292 g/mol. The first-order chi connectivity index (χ1) is 9.56. The molecule has 4 nitrogen and oxygen atoms in total. The van der Waals surface area contributed by atoms with Crippen molar-refractivity contribution in [1.29, 1.82) is 0 Å². The van der Waals surface area contributed by atoms with Crippen molar-refractivity contribution < 1.29 is 9.53 Å². The van der Waals surface area contributed by atoms with Gasteiger partial charge in [0.05, 0.1) is 12.7 Å². The highest BCUT2D eigenvalue weighted by Crippen LogP contribution is 2.39. The number of thiocarbonyl (C=S) groups is 1.